The maximum Gasteiger partial charge on any atom is 0.119 e. The molecule has 65 valence electrons. The maximum absolute atomic E-state index is 8.83. The molecule has 0 heterocycles. The van der Waals surface area contributed by atoms with Crippen molar-refractivity contribution in [3.8, 4) is 5.75 Å². The summed E-state index contributed by atoms with van der Waals surface area (Å²) in [4.78, 5) is 0. The van der Waals surface area contributed by atoms with Gasteiger partial charge in [0.15, 0.2) is 0 Å². The molecule has 1 rings (SSSR count). The van der Waals surface area contributed by atoms with Crippen LogP contribution in [0.15, 0.2) is 18.2 Å². The van der Waals surface area contributed by atoms with Crippen molar-refractivity contribution < 1.29 is 9.84 Å². The number of ether oxygens (including phenoxy) is 1. The topological polar surface area (TPSA) is 29.5 Å². The van der Waals surface area contributed by atoms with Gasteiger partial charge in [0.05, 0.1) is 6.61 Å². The van der Waals surface area contributed by atoms with E-state index in [-0.39, 0.29) is 0 Å². The van der Waals surface area contributed by atoms with Gasteiger partial charge in [-0.2, -0.15) is 0 Å². The largest absolute Gasteiger partial charge is 0.494 e. The third-order valence-electron chi connectivity index (χ3n) is 1.70. The van der Waals surface area contributed by atoms with E-state index < -0.39 is 0 Å². The van der Waals surface area contributed by atoms with E-state index in [1.165, 1.54) is 0 Å². The van der Waals surface area contributed by atoms with E-state index in [4.69, 9.17) is 9.84 Å². The first-order chi connectivity index (χ1) is 5.77. The first kappa shape index (κ1) is 9.07. The van der Waals surface area contributed by atoms with Crippen molar-refractivity contribution in [2.24, 2.45) is 0 Å². The van der Waals surface area contributed by atoms with Crippen LogP contribution in [-0.2, 0) is 0 Å². The summed E-state index contributed by atoms with van der Waals surface area (Å²) in [6.07, 6.45) is 0. The molecule has 1 aromatic rings. The lowest BCUT2D eigenvalue weighted by Crippen LogP contribution is -1.93. The Balaban J connectivity index is 2.89. The minimum absolute atomic E-state index is 0.647. The normalized spacial score (nSPS) is 9.92. The Hall–Kier alpha value is -1.02. The fourth-order valence-corrected chi connectivity index (χ4v) is 1.01. The van der Waals surface area contributed by atoms with Crippen LogP contribution in [0.4, 0.5) is 0 Å². The second-order valence-corrected chi connectivity index (χ2v) is 2.58. The van der Waals surface area contributed by atoms with E-state index in [1.54, 1.807) is 0 Å². The summed E-state index contributed by atoms with van der Waals surface area (Å²) >= 11 is 0. The number of aliphatic hydroxyl groups excluding tert-OH is 1. The van der Waals surface area contributed by atoms with E-state index in [0.717, 1.165) is 23.5 Å². The van der Waals surface area contributed by atoms with Crippen LogP contribution in [0.25, 0.3) is 0 Å². The Morgan fingerprint density at radius 2 is 2.25 bits per heavy atom. The highest BCUT2D eigenvalue weighted by Crippen LogP contribution is 2.17. The lowest BCUT2D eigenvalue weighted by molar-refractivity contribution is 0.339. The number of hydrogen-bond donors (Lipinski definition) is 1. The molecule has 2 nitrogen and oxygen atoms in total. The molecular formula is C10H13O2. The Bertz CT molecular complexity index is 256. The van der Waals surface area contributed by atoms with Gasteiger partial charge in [0, 0.05) is 0 Å². The van der Waals surface area contributed by atoms with Crippen molar-refractivity contribution in [3.63, 3.8) is 0 Å². The molecule has 1 radical (unpaired) electrons. The van der Waals surface area contributed by atoms with Crippen LogP contribution < -0.4 is 4.74 Å². The van der Waals surface area contributed by atoms with Gasteiger partial charge >= 0.3 is 0 Å². The molecule has 2 heteroatoms. The number of aliphatic hydroxyl groups is 1. The van der Waals surface area contributed by atoms with E-state index in [9.17, 15) is 0 Å². The van der Waals surface area contributed by atoms with Crippen LogP contribution in [-0.4, -0.2) is 11.7 Å². The molecule has 0 unspecified atom stereocenters. The molecule has 0 saturated heterocycles. The van der Waals surface area contributed by atoms with Crippen LogP contribution in [0.2, 0.25) is 0 Å². The number of hydrogen-bond acceptors (Lipinski definition) is 2. The highest BCUT2D eigenvalue weighted by Gasteiger charge is 1.99. The first-order valence-corrected chi connectivity index (χ1v) is 3.98. The fraction of sp³-hybridized carbons (Fsp3) is 0.300. The highest BCUT2D eigenvalue weighted by atomic mass is 16.5. The monoisotopic (exact) mass is 165 g/mol. The van der Waals surface area contributed by atoms with Crippen molar-refractivity contribution in [2.45, 2.75) is 13.8 Å². The zero-order chi connectivity index (χ0) is 8.97. The molecule has 1 N–H and O–H groups in total. The lowest BCUT2D eigenvalue weighted by Gasteiger charge is -2.06. The third kappa shape index (κ3) is 1.98. The third-order valence-corrected chi connectivity index (χ3v) is 1.70. The summed E-state index contributed by atoms with van der Waals surface area (Å²) in [6.45, 7) is 5.62. The molecule has 0 aliphatic heterocycles. The van der Waals surface area contributed by atoms with Gasteiger partial charge in [-0.25, -0.2) is 0 Å². The number of aryl methyl sites for hydroxylation is 1. The van der Waals surface area contributed by atoms with Crippen molar-refractivity contribution in [2.75, 3.05) is 6.61 Å². The standard InChI is InChI=1S/C10H13O2/c1-3-12-10-5-4-8(2)9(6-10)7-11/h4-7,11H,3H2,1-2H3. The van der Waals surface area contributed by atoms with Crippen LogP contribution in [0.5, 0.6) is 5.75 Å². The molecule has 12 heavy (non-hydrogen) atoms. The second-order valence-electron chi connectivity index (χ2n) is 2.58. The van der Waals surface area contributed by atoms with Gasteiger partial charge in [0.2, 0.25) is 0 Å². The van der Waals surface area contributed by atoms with E-state index in [2.05, 4.69) is 0 Å². The quantitative estimate of drug-likeness (QED) is 0.744. The average Bonchev–Trinajstić information content (AvgIpc) is 2.09. The summed E-state index contributed by atoms with van der Waals surface area (Å²) in [5, 5.41) is 8.83. The van der Waals surface area contributed by atoms with Crippen molar-refractivity contribution in [1.82, 2.24) is 0 Å². The number of rotatable bonds is 3. The van der Waals surface area contributed by atoms with E-state index in [1.807, 2.05) is 32.0 Å². The van der Waals surface area contributed by atoms with Gasteiger partial charge in [-0.05, 0) is 37.1 Å². The molecule has 0 atom stereocenters. The Labute approximate surface area is 72.8 Å². The predicted octanol–water partition coefficient (Wildman–Crippen LogP) is 2.28. The molecule has 0 bridgehead atoms. The smallest absolute Gasteiger partial charge is 0.119 e. The molecular weight excluding hydrogens is 152 g/mol. The Morgan fingerprint density at radius 3 is 2.83 bits per heavy atom. The van der Waals surface area contributed by atoms with Crippen LogP contribution in [0.1, 0.15) is 18.1 Å². The van der Waals surface area contributed by atoms with Gasteiger partial charge in [-0.3, -0.25) is 0 Å². The fourth-order valence-electron chi connectivity index (χ4n) is 1.01. The molecule has 0 amide bonds. The minimum atomic E-state index is 0.647. The van der Waals surface area contributed by atoms with Gasteiger partial charge in [-0.1, -0.05) is 6.07 Å². The lowest BCUT2D eigenvalue weighted by atomic mass is 10.1. The number of benzene rings is 1. The van der Waals surface area contributed by atoms with Crippen molar-refractivity contribution in [1.29, 1.82) is 0 Å². The second kappa shape index (κ2) is 4.12. The van der Waals surface area contributed by atoms with Crippen LogP contribution in [0, 0.1) is 13.5 Å². The summed E-state index contributed by atoms with van der Waals surface area (Å²) in [6, 6.07) is 5.64. The zero-order valence-electron chi connectivity index (χ0n) is 7.37. The predicted molar refractivity (Wildman–Crippen MR) is 47.7 cm³/mol. The zero-order valence-corrected chi connectivity index (χ0v) is 7.37. The summed E-state index contributed by atoms with van der Waals surface area (Å²) in [5.74, 6) is 0.795. The van der Waals surface area contributed by atoms with E-state index in [0.29, 0.717) is 6.61 Å². The van der Waals surface area contributed by atoms with Gasteiger partial charge < -0.3 is 9.84 Å². The van der Waals surface area contributed by atoms with Crippen LogP contribution in [0.3, 0.4) is 0 Å². The van der Waals surface area contributed by atoms with Gasteiger partial charge in [-0.15, -0.1) is 0 Å². The molecule has 0 aliphatic carbocycles. The highest BCUT2D eigenvalue weighted by molar-refractivity contribution is 5.37. The summed E-state index contributed by atoms with van der Waals surface area (Å²) < 4.78 is 5.27. The molecule has 0 saturated carbocycles. The summed E-state index contributed by atoms with van der Waals surface area (Å²) in [5.41, 5.74) is 1.85. The Morgan fingerprint density at radius 1 is 1.50 bits per heavy atom. The van der Waals surface area contributed by atoms with E-state index >= 15 is 0 Å². The average molecular weight is 165 g/mol. The van der Waals surface area contributed by atoms with Gasteiger partial charge in [0.25, 0.3) is 0 Å². The van der Waals surface area contributed by atoms with Crippen molar-refractivity contribution >= 4 is 0 Å². The first-order valence-electron chi connectivity index (χ1n) is 3.98. The molecule has 0 fully saturated rings. The molecule has 0 spiro atoms. The SMILES string of the molecule is CCOc1ccc(C)c([CH]O)c1. The van der Waals surface area contributed by atoms with Crippen LogP contribution >= 0.6 is 0 Å². The molecule has 1 aromatic carbocycles. The van der Waals surface area contributed by atoms with Crippen molar-refractivity contribution in [3.05, 3.63) is 35.9 Å². The Kier molecular flexibility index (Phi) is 3.11. The maximum atomic E-state index is 8.83. The molecule has 0 aromatic heterocycles. The van der Waals surface area contributed by atoms with Gasteiger partial charge in [0.1, 0.15) is 12.4 Å². The minimum Gasteiger partial charge on any atom is -0.494 e. The summed E-state index contributed by atoms with van der Waals surface area (Å²) in [7, 11) is 0. The molecule has 0 aliphatic rings.